The molecule has 9 nitrogen and oxygen atoms in total. The highest BCUT2D eigenvalue weighted by Crippen LogP contribution is 2.37. The number of esters is 1. The number of carbonyl (C=O) groups is 2. The van der Waals surface area contributed by atoms with Gasteiger partial charge in [-0.3, -0.25) is 9.69 Å². The van der Waals surface area contributed by atoms with Gasteiger partial charge in [-0.1, -0.05) is 12.1 Å². The van der Waals surface area contributed by atoms with Crippen LogP contribution in [-0.4, -0.2) is 68.8 Å². The number of halogens is 1. The largest absolute Gasteiger partial charge is 0.462 e. The molecule has 0 aliphatic carbocycles. The van der Waals surface area contributed by atoms with E-state index in [0.717, 1.165) is 6.07 Å². The summed E-state index contributed by atoms with van der Waals surface area (Å²) in [5.41, 5.74) is 0.763. The lowest BCUT2D eigenvalue weighted by Gasteiger charge is -2.33. The topological polar surface area (TPSA) is 109 Å². The van der Waals surface area contributed by atoms with E-state index in [1.807, 2.05) is 0 Å². The molecule has 1 aliphatic rings. The number of amides is 1. The van der Waals surface area contributed by atoms with Crippen LogP contribution in [0.25, 0.3) is 11.3 Å². The number of rotatable bonds is 8. The molecule has 192 valence electrons. The number of carbonyl (C=O) groups excluding carboxylic acids is 2. The number of nitrogens with one attached hydrogen (secondary N) is 1. The maximum absolute atomic E-state index is 14.0. The van der Waals surface area contributed by atoms with Crippen molar-refractivity contribution in [2.24, 2.45) is 0 Å². The molecule has 36 heavy (non-hydrogen) atoms. The summed E-state index contributed by atoms with van der Waals surface area (Å²) in [6.45, 7) is 4.52. The summed E-state index contributed by atoms with van der Waals surface area (Å²) in [6, 6.07) is 8.80. The number of sulfonamides is 1. The van der Waals surface area contributed by atoms with Crippen molar-refractivity contribution in [2.45, 2.75) is 18.7 Å². The molecule has 0 radical (unpaired) electrons. The Morgan fingerprint density at radius 2 is 1.86 bits per heavy atom. The SMILES string of the molecule is CCOC(=O)c1c(-c2ccc(C)o2)csc1NC(=O)CN1CCN(S(=O)(=O)c2ccccc2F)CC1. The summed E-state index contributed by atoms with van der Waals surface area (Å²) < 4.78 is 51.7. The smallest absolute Gasteiger partial charge is 0.341 e. The molecular weight excluding hydrogens is 509 g/mol. The van der Waals surface area contributed by atoms with Gasteiger partial charge in [0.2, 0.25) is 15.9 Å². The van der Waals surface area contributed by atoms with Crippen LogP contribution in [0.1, 0.15) is 23.0 Å². The van der Waals surface area contributed by atoms with Crippen LogP contribution in [0.15, 0.2) is 51.1 Å². The highest BCUT2D eigenvalue weighted by atomic mass is 32.2. The number of hydrogen-bond acceptors (Lipinski definition) is 8. The minimum Gasteiger partial charge on any atom is -0.462 e. The average Bonchev–Trinajstić information content (AvgIpc) is 3.45. The van der Waals surface area contributed by atoms with Crippen molar-refractivity contribution in [2.75, 3.05) is 44.6 Å². The predicted molar refractivity (Wildman–Crippen MR) is 133 cm³/mol. The first-order valence-electron chi connectivity index (χ1n) is 11.3. The third-order valence-electron chi connectivity index (χ3n) is 5.68. The number of nitrogens with zero attached hydrogens (tertiary/aromatic N) is 2. The highest BCUT2D eigenvalue weighted by molar-refractivity contribution is 7.89. The van der Waals surface area contributed by atoms with Gasteiger partial charge in [-0.25, -0.2) is 17.6 Å². The molecule has 1 N–H and O–H groups in total. The first-order valence-corrected chi connectivity index (χ1v) is 13.6. The van der Waals surface area contributed by atoms with Gasteiger partial charge >= 0.3 is 5.97 Å². The van der Waals surface area contributed by atoms with E-state index in [0.29, 0.717) is 35.2 Å². The molecule has 2 aromatic heterocycles. The van der Waals surface area contributed by atoms with Gasteiger partial charge in [-0.15, -0.1) is 11.3 Å². The monoisotopic (exact) mass is 535 g/mol. The lowest BCUT2D eigenvalue weighted by Crippen LogP contribution is -2.50. The molecule has 3 heterocycles. The molecule has 0 saturated carbocycles. The minimum absolute atomic E-state index is 0.00292. The van der Waals surface area contributed by atoms with Crippen LogP contribution >= 0.6 is 11.3 Å². The number of anilines is 1. The molecule has 1 aromatic carbocycles. The molecule has 0 bridgehead atoms. The van der Waals surface area contributed by atoms with Crippen molar-refractivity contribution in [3.8, 4) is 11.3 Å². The summed E-state index contributed by atoms with van der Waals surface area (Å²) in [7, 11) is -3.96. The molecule has 0 spiro atoms. The van der Waals surface area contributed by atoms with Gasteiger partial charge in [-0.2, -0.15) is 4.31 Å². The van der Waals surface area contributed by atoms with Gasteiger partial charge in [0.15, 0.2) is 0 Å². The third kappa shape index (κ3) is 5.51. The van der Waals surface area contributed by atoms with Crippen molar-refractivity contribution < 1.29 is 31.6 Å². The summed E-state index contributed by atoms with van der Waals surface area (Å²) in [6.07, 6.45) is 0. The molecule has 4 rings (SSSR count). The first-order chi connectivity index (χ1) is 17.2. The van der Waals surface area contributed by atoms with Crippen molar-refractivity contribution in [3.63, 3.8) is 0 Å². The Morgan fingerprint density at radius 3 is 2.50 bits per heavy atom. The van der Waals surface area contributed by atoms with E-state index in [2.05, 4.69) is 5.32 Å². The Kier molecular flexibility index (Phi) is 7.88. The zero-order chi connectivity index (χ0) is 25.9. The number of hydrogen-bond donors (Lipinski definition) is 1. The number of thiophene rings is 1. The lowest BCUT2D eigenvalue weighted by molar-refractivity contribution is -0.117. The van der Waals surface area contributed by atoms with Crippen molar-refractivity contribution in [1.29, 1.82) is 0 Å². The predicted octanol–water partition coefficient (Wildman–Crippen LogP) is 3.58. The lowest BCUT2D eigenvalue weighted by atomic mass is 10.1. The summed E-state index contributed by atoms with van der Waals surface area (Å²) in [5, 5.41) is 4.86. The Morgan fingerprint density at radius 1 is 1.14 bits per heavy atom. The van der Waals surface area contributed by atoms with Gasteiger partial charge in [-0.05, 0) is 38.1 Å². The molecule has 1 fully saturated rings. The molecule has 1 aliphatic heterocycles. The van der Waals surface area contributed by atoms with Crippen LogP contribution in [0.5, 0.6) is 0 Å². The second kappa shape index (κ2) is 10.9. The van der Waals surface area contributed by atoms with Crippen LogP contribution < -0.4 is 5.32 Å². The van der Waals surface area contributed by atoms with Gasteiger partial charge in [0.25, 0.3) is 0 Å². The van der Waals surface area contributed by atoms with Crippen molar-refractivity contribution in [1.82, 2.24) is 9.21 Å². The first kappa shape index (κ1) is 26.0. The Bertz CT molecular complexity index is 1360. The van der Waals surface area contributed by atoms with Crippen molar-refractivity contribution >= 4 is 38.2 Å². The molecule has 1 saturated heterocycles. The Balaban J connectivity index is 1.41. The van der Waals surface area contributed by atoms with E-state index in [-0.39, 0.29) is 42.6 Å². The second-order valence-electron chi connectivity index (χ2n) is 8.14. The number of aryl methyl sites for hydroxylation is 1. The summed E-state index contributed by atoms with van der Waals surface area (Å²) >= 11 is 1.19. The van der Waals surface area contributed by atoms with E-state index < -0.39 is 21.8 Å². The fraction of sp³-hybridized carbons (Fsp3) is 0.333. The highest BCUT2D eigenvalue weighted by Gasteiger charge is 2.31. The molecule has 3 aromatic rings. The molecule has 0 atom stereocenters. The molecular formula is C24H26FN3O6S2. The van der Waals surface area contributed by atoms with Crippen LogP contribution in [0.2, 0.25) is 0 Å². The van der Waals surface area contributed by atoms with Gasteiger partial charge in [0, 0.05) is 37.1 Å². The van der Waals surface area contributed by atoms with Crippen molar-refractivity contribution in [3.05, 3.63) is 58.9 Å². The number of furan rings is 1. The summed E-state index contributed by atoms with van der Waals surface area (Å²) in [4.78, 5) is 26.9. The maximum Gasteiger partial charge on any atom is 0.341 e. The average molecular weight is 536 g/mol. The van der Waals surface area contributed by atoms with E-state index in [9.17, 15) is 22.4 Å². The standard InChI is InChI=1S/C24H26FN3O6S2/c1-3-33-24(30)22-17(19-9-8-16(2)34-19)15-35-23(22)26-21(29)14-27-10-12-28(13-11-27)36(31,32)20-7-5-4-6-18(20)25/h4-9,15H,3,10-14H2,1-2H3,(H,26,29). The van der Waals surface area contributed by atoms with E-state index in [1.54, 1.807) is 36.3 Å². The molecule has 12 heteroatoms. The van der Waals surface area contributed by atoms with E-state index >= 15 is 0 Å². The molecule has 0 unspecified atom stereocenters. The van der Waals surface area contributed by atoms with Crippen LogP contribution in [0.4, 0.5) is 9.39 Å². The van der Waals surface area contributed by atoms with Gasteiger partial charge in [0.1, 0.15) is 32.8 Å². The fourth-order valence-corrected chi connectivity index (χ4v) is 6.35. The summed E-state index contributed by atoms with van der Waals surface area (Å²) in [5.74, 6) is -0.524. The number of benzene rings is 1. The maximum atomic E-state index is 14.0. The molecule has 1 amide bonds. The minimum atomic E-state index is -3.96. The van der Waals surface area contributed by atoms with Crippen LogP contribution in [0.3, 0.4) is 0 Å². The third-order valence-corrected chi connectivity index (χ3v) is 8.51. The fourth-order valence-electron chi connectivity index (χ4n) is 3.91. The Labute approximate surface area is 212 Å². The Hall–Kier alpha value is -3.06. The van der Waals surface area contributed by atoms with Crippen LogP contribution in [-0.2, 0) is 19.6 Å². The second-order valence-corrected chi connectivity index (χ2v) is 10.9. The van der Waals surface area contributed by atoms with Gasteiger partial charge < -0.3 is 14.5 Å². The zero-order valence-electron chi connectivity index (χ0n) is 19.8. The zero-order valence-corrected chi connectivity index (χ0v) is 21.5. The van der Waals surface area contributed by atoms with E-state index in [4.69, 9.17) is 9.15 Å². The number of ether oxygens (including phenoxy) is 1. The quantitative estimate of drug-likeness (QED) is 0.439. The van der Waals surface area contributed by atoms with Crippen LogP contribution in [0, 0.1) is 12.7 Å². The normalized spacial score (nSPS) is 15.1. The van der Waals surface area contributed by atoms with Gasteiger partial charge in [0.05, 0.1) is 13.2 Å². The van der Waals surface area contributed by atoms with E-state index in [1.165, 1.54) is 33.8 Å². The number of piperazine rings is 1.